The largest absolute Gasteiger partial charge is 0.495 e. The molecule has 0 saturated heterocycles. The lowest BCUT2D eigenvalue weighted by Gasteiger charge is -2.14. The van der Waals surface area contributed by atoms with Crippen molar-refractivity contribution in [1.29, 1.82) is 0 Å². The zero-order chi connectivity index (χ0) is 19.5. The number of hydrogen-bond donors (Lipinski definition) is 0. The fraction of sp³-hybridized carbons (Fsp3) is 0.0833. The highest BCUT2D eigenvalue weighted by Crippen LogP contribution is 2.23. The molecule has 0 aliphatic rings. The van der Waals surface area contributed by atoms with Crippen LogP contribution in [-0.4, -0.2) is 16.7 Å². The molecule has 4 nitrogen and oxygen atoms in total. The number of rotatable bonds is 4. The summed E-state index contributed by atoms with van der Waals surface area (Å²) in [6.45, 7) is 2.05. The Kier molecular flexibility index (Phi) is 4.77. The van der Waals surface area contributed by atoms with E-state index >= 15 is 0 Å². The number of para-hydroxylation sites is 3. The molecule has 0 aliphatic heterocycles. The minimum absolute atomic E-state index is 0.126. The maximum Gasteiger partial charge on any atom is 0.266 e. The molecule has 0 aliphatic carbocycles. The maximum absolute atomic E-state index is 13.3. The molecule has 0 spiro atoms. The third-order valence-electron chi connectivity index (χ3n) is 4.63. The van der Waals surface area contributed by atoms with Crippen LogP contribution in [0.4, 0.5) is 0 Å². The van der Waals surface area contributed by atoms with E-state index in [4.69, 9.17) is 9.72 Å². The van der Waals surface area contributed by atoms with E-state index in [0.717, 1.165) is 5.56 Å². The highest BCUT2D eigenvalue weighted by Gasteiger charge is 2.14. The molecular weight excluding hydrogens is 348 g/mol. The molecule has 0 saturated carbocycles. The van der Waals surface area contributed by atoms with Gasteiger partial charge in [-0.2, -0.15) is 0 Å². The number of ether oxygens (including phenoxy) is 1. The van der Waals surface area contributed by atoms with Crippen molar-refractivity contribution in [2.24, 2.45) is 0 Å². The van der Waals surface area contributed by atoms with Crippen molar-refractivity contribution in [2.75, 3.05) is 7.11 Å². The first-order chi connectivity index (χ1) is 13.7. The van der Waals surface area contributed by atoms with Crippen molar-refractivity contribution in [3.63, 3.8) is 0 Å². The molecule has 4 rings (SSSR count). The molecule has 0 amide bonds. The number of nitrogens with zero attached hydrogens (tertiary/aromatic N) is 2. The van der Waals surface area contributed by atoms with Crippen molar-refractivity contribution in [3.8, 4) is 11.4 Å². The summed E-state index contributed by atoms with van der Waals surface area (Å²) in [5.41, 5.74) is 3.45. The summed E-state index contributed by atoms with van der Waals surface area (Å²) in [4.78, 5) is 18.0. The van der Waals surface area contributed by atoms with Gasteiger partial charge in [0.25, 0.3) is 5.56 Å². The molecule has 4 heteroatoms. The quantitative estimate of drug-likeness (QED) is 0.516. The predicted octanol–water partition coefficient (Wildman–Crippen LogP) is 4.87. The number of aryl methyl sites for hydroxylation is 1. The molecule has 0 bridgehead atoms. The van der Waals surface area contributed by atoms with E-state index < -0.39 is 0 Å². The van der Waals surface area contributed by atoms with Crippen LogP contribution in [-0.2, 0) is 0 Å². The standard InChI is InChI=1S/C24H20N2O2/c1-17-11-13-18(14-12-17)15-16-23-25-20-8-4-3-7-19(20)24(27)26(23)21-9-5-6-10-22(21)28-2/h3-16H,1-2H3. The lowest BCUT2D eigenvalue weighted by Crippen LogP contribution is -2.22. The van der Waals surface area contributed by atoms with Crippen molar-refractivity contribution < 1.29 is 4.74 Å². The molecule has 4 aromatic rings. The first-order valence-electron chi connectivity index (χ1n) is 9.07. The summed E-state index contributed by atoms with van der Waals surface area (Å²) in [6.07, 6.45) is 3.83. The van der Waals surface area contributed by atoms with Gasteiger partial charge in [0.05, 0.1) is 23.7 Å². The first-order valence-corrected chi connectivity index (χ1v) is 9.07. The van der Waals surface area contributed by atoms with Crippen molar-refractivity contribution in [3.05, 3.63) is 100 Å². The second-order valence-electron chi connectivity index (χ2n) is 6.54. The fourth-order valence-corrected chi connectivity index (χ4v) is 3.16. The van der Waals surface area contributed by atoms with Crippen LogP contribution in [0, 0.1) is 6.92 Å². The van der Waals surface area contributed by atoms with E-state index in [1.165, 1.54) is 5.56 Å². The van der Waals surface area contributed by atoms with Crippen molar-refractivity contribution >= 4 is 23.1 Å². The molecule has 0 radical (unpaired) electrons. The smallest absolute Gasteiger partial charge is 0.266 e. The molecule has 28 heavy (non-hydrogen) atoms. The number of methoxy groups -OCH3 is 1. The van der Waals surface area contributed by atoms with Gasteiger partial charge in [0.15, 0.2) is 0 Å². The van der Waals surface area contributed by atoms with Gasteiger partial charge >= 0.3 is 0 Å². The van der Waals surface area contributed by atoms with Gasteiger partial charge in [0.2, 0.25) is 0 Å². The third kappa shape index (κ3) is 3.32. The van der Waals surface area contributed by atoms with Crippen molar-refractivity contribution in [1.82, 2.24) is 9.55 Å². The van der Waals surface area contributed by atoms with Crippen LogP contribution < -0.4 is 10.3 Å². The normalized spacial score (nSPS) is 11.2. The zero-order valence-corrected chi connectivity index (χ0v) is 15.8. The van der Waals surface area contributed by atoms with Gasteiger partial charge in [-0.05, 0) is 42.8 Å². The van der Waals surface area contributed by atoms with E-state index in [-0.39, 0.29) is 5.56 Å². The molecule has 0 unspecified atom stereocenters. The first kappa shape index (κ1) is 17.7. The predicted molar refractivity (Wildman–Crippen MR) is 114 cm³/mol. The minimum atomic E-state index is -0.126. The van der Waals surface area contributed by atoms with Crippen LogP contribution in [0.5, 0.6) is 5.75 Å². The molecule has 0 atom stereocenters. The molecule has 1 aromatic heterocycles. The van der Waals surface area contributed by atoms with Gasteiger partial charge in [-0.3, -0.25) is 9.36 Å². The summed E-state index contributed by atoms with van der Waals surface area (Å²) < 4.78 is 7.09. The molecule has 3 aromatic carbocycles. The van der Waals surface area contributed by atoms with Gasteiger partial charge in [-0.1, -0.05) is 60.2 Å². The van der Waals surface area contributed by atoms with E-state index in [0.29, 0.717) is 28.2 Å². The highest BCUT2D eigenvalue weighted by atomic mass is 16.5. The molecule has 138 valence electrons. The van der Waals surface area contributed by atoms with Gasteiger partial charge in [0.1, 0.15) is 11.6 Å². The molecule has 0 N–H and O–H groups in total. The fourth-order valence-electron chi connectivity index (χ4n) is 3.16. The lowest BCUT2D eigenvalue weighted by molar-refractivity contribution is 0.412. The van der Waals surface area contributed by atoms with Crippen LogP contribution in [0.3, 0.4) is 0 Å². The Morgan fingerprint density at radius 1 is 0.893 bits per heavy atom. The van der Waals surface area contributed by atoms with Crippen LogP contribution in [0.1, 0.15) is 17.0 Å². The monoisotopic (exact) mass is 368 g/mol. The van der Waals surface area contributed by atoms with Crippen LogP contribution in [0.25, 0.3) is 28.7 Å². The highest BCUT2D eigenvalue weighted by molar-refractivity contribution is 5.80. The summed E-state index contributed by atoms with van der Waals surface area (Å²) in [5.74, 6) is 1.17. The van der Waals surface area contributed by atoms with Crippen LogP contribution in [0.2, 0.25) is 0 Å². The van der Waals surface area contributed by atoms with E-state index in [2.05, 4.69) is 19.1 Å². The van der Waals surface area contributed by atoms with E-state index in [9.17, 15) is 4.79 Å². The van der Waals surface area contributed by atoms with Crippen LogP contribution in [0.15, 0.2) is 77.6 Å². The second kappa shape index (κ2) is 7.53. The van der Waals surface area contributed by atoms with Crippen molar-refractivity contribution in [2.45, 2.75) is 6.92 Å². The van der Waals surface area contributed by atoms with E-state index in [1.54, 1.807) is 17.7 Å². The SMILES string of the molecule is COc1ccccc1-n1c(C=Cc2ccc(C)cc2)nc2ccccc2c1=O. The molecule has 1 heterocycles. The van der Waals surface area contributed by atoms with Gasteiger partial charge in [-0.25, -0.2) is 4.98 Å². The molecular formula is C24H20N2O2. The molecule has 0 fully saturated rings. The van der Waals surface area contributed by atoms with Gasteiger partial charge in [-0.15, -0.1) is 0 Å². The number of benzene rings is 3. The second-order valence-corrected chi connectivity index (χ2v) is 6.54. The number of hydrogen-bond acceptors (Lipinski definition) is 3. The lowest BCUT2D eigenvalue weighted by atomic mass is 10.1. The topological polar surface area (TPSA) is 44.1 Å². The van der Waals surface area contributed by atoms with E-state index in [1.807, 2.05) is 66.7 Å². The Balaban J connectivity index is 1.96. The summed E-state index contributed by atoms with van der Waals surface area (Å²) in [6, 6.07) is 23.0. The third-order valence-corrected chi connectivity index (χ3v) is 4.63. The van der Waals surface area contributed by atoms with Crippen LogP contribution >= 0.6 is 0 Å². The summed E-state index contributed by atoms with van der Waals surface area (Å²) in [7, 11) is 1.60. The summed E-state index contributed by atoms with van der Waals surface area (Å²) >= 11 is 0. The Bertz CT molecular complexity index is 1220. The van der Waals surface area contributed by atoms with Gasteiger partial charge in [0, 0.05) is 0 Å². The average Bonchev–Trinajstić information content (AvgIpc) is 2.73. The Hall–Kier alpha value is -3.66. The minimum Gasteiger partial charge on any atom is -0.495 e. The number of aromatic nitrogens is 2. The average molecular weight is 368 g/mol. The Morgan fingerprint density at radius 3 is 2.39 bits per heavy atom. The Morgan fingerprint density at radius 2 is 1.61 bits per heavy atom. The zero-order valence-electron chi connectivity index (χ0n) is 15.8. The Labute approximate surface area is 163 Å². The maximum atomic E-state index is 13.3. The van der Waals surface area contributed by atoms with Gasteiger partial charge < -0.3 is 4.74 Å². The number of fused-ring (bicyclic) bond motifs is 1. The summed E-state index contributed by atoms with van der Waals surface area (Å²) in [5, 5.41) is 0.570.